The minimum Gasteiger partial charge on any atom is -0.465 e. The molecule has 2 aliphatic rings. The highest BCUT2D eigenvalue weighted by molar-refractivity contribution is 6.39. The molecule has 8 nitrogen and oxygen atoms in total. The molecule has 196 valence electrons. The summed E-state index contributed by atoms with van der Waals surface area (Å²) in [5, 5.41) is 9.08. The second kappa shape index (κ2) is 8.72. The maximum absolute atomic E-state index is 13.8. The summed E-state index contributed by atoms with van der Waals surface area (Å²) in [6.07, 6.45) is -20.8. The molecule has 0 radical (unpaired) electrons. The fraction of sp³-hybridized carbons (Fsp3) is 0.294. The first kappa shape index (κ1) is 27.4. The maximum atomic E-state index is 13.8. The van der Waals surface area contributed by atoms with Crippen molar-refractivity contribution < 1.29 is 54.2 Å². The average molecular weight is 572 g/mol. The highest BCUT2D eigenvalue weighted by Gasteiger charge is 2.56. The summed E-state index contributed by atoms with van der Waals surface area (Å²) in [6.45, 7) is 0.655. The molecule has 2 amide bonds. The Kier molecular flexibility index (Phi) is 6.63. The number of alkyl halides is 9. The van der Waals surface area contributed by atoms with Crippen LogP contribution < -0.4 is 10.3 Å². The molecule has 1 unspecified atom stereocenters. The molecule has 3 rings (SSSR count). The Hall–Kier alpha value is -3.21. The molecule has 0 spiro atoms. The Morgan fingerprint density at radius 3 is 1.89 bits per heavy atom. The van der Waals surface area contributed by atoms with Gasteiger partial charge in [-0.1, -0.05) is 23.2 Å². The van der Waals surface area contributed by atoms with Crippen molar-refractivity contribution in [1.29, 1.82) is 0 Å². The van der Waals surface area contributed by atoms with Crippen molar-refractivity contribution in [1.82, 2.24) is 10.3 Å². The van der Waals surface area contributed by atoms with E-state index in [1.54, 1.807) is 0 Å². The molecule has 1 atom stereocenters. The van der Waals surface area contributed by atoms with Gasteiger partial charge in [0.05, 0.1) is 21.2 Å². The minimum atomic E-state index is -5.64. The highest BCUT2D eigenvalue weighted by atomic mass is 35.5. The smallest absolute Gasteiger partial charge is 0.451 e. The number of amidine groups is 1. The number of hydrazine groups is 1. The third-order valence-electron chi connectivity index (χ3n) is 4.52. The lowest BCUT2D eigenvalue weighted by molar-refractivity contribution is -0.137. The van der Waals surface area contributed by atoms with Gasteiger partial charge in [-0.25, -0.2) is 24.8 Å². The number of carboxylic acid groups (broad SMARTS) is 1. The zero-order valence-corrected chi connectivity index (χ0v) is 18.5. The summed E-state index contributed by atoms with van der Waals surface area (Å²) in [4.78, 5) is 29.3. The van der Waals surface area contributed by atoms with Crippen molar-refractivity contribution >= 4 is 52.4 Å². The number of rotatable bonds is 2. The van der Waals surface area contributed by atoms with Crippen molar-refractivity contribution in [3.8, 4) is 0 Å². The van der Waals surface area contributed by atoms with Crippen LogP contribution in [-0.4, -0.2) is 52.2 Å². The van der Waals surface area contributed by atoms with Gasteiger partial charge in [0.25, 0.3) is 0 Å². The van der Waals surface area contributed by atoms with E-state index in [0.717, 1.165) is 0 Å². The SMILES string of the molecule is CC(=O)N1C2N=C(C(F)(F)F)N=C(C(F)(F)F)C2=C(NC(=O)O)N1c1c(Cl)cc(C(F)(F)F)cc1Cl. The molecule has 0 bridgehead atoms. The molecule has 1 aromatic rings. The first-order valence-corrected chi connectivity index (χ1v) is 9.72. The summed E-state index contributed by atoms with van der Waals surface area (Å²) in [5.74, 6) is -4.87. The number of hydrogen-bond donors (Lipinski definition) is 2. The molecule has 2 aliphatic heterocycles. The molecule has 19 heteroatoms. The summed E-state index contributed by atoms with van der Waals surface area (Å²) in [7, 11) is 0. The van der Waals surface area contributed by atoms with E-state index in [0.29, 0.717) is 6.92 Å². The van der Waals surface area contributed by atoms with Crippen LogP contribution in [0.3, 0.4) is 0 Å². The van der Waals surface area contributed by atoms with Gasteiger partial charge in [0, 0.05) is 6.92 Å². The van der Waals surface area contributed by atoms with E-state index in [-0.39, 0.29) is 22.2 Å². The average Bonchev–Trinajstić information content (AvgIpc) is 2.98. The van der Waals surface area contributed by atoms with Gasteiger partial charge in [-0.3, -0.25) is 10.1 Å². The van der Waals surface area contributed by atoms with Gasteiger partial charge >= 0.3 is 24.6 Å². The molecule has 36 heavy (non-hydrogen) atoms. The number of nitrogens with one attached hydrogen (secondary N) is 1. The fourth-order valence-corrected chi connectivity index (χ4v) is 3.93. The largest absolute Gasteiger partial charge is 0.465 e. The van der Waals surface area contributed by atoms with Crippen LogP contribution in [-0.2, 0) is 11.0 Å². The Morgan fingerprint density at radius 2 is 1.50 bits per heavy atom. The van der Waals surface area contributed by atoms with Crippen LogP contribution in [0.4, 0.5) is 50.0 Å². The lowest BCUT2D eigenvalue weighted by Crippen LogP contribution is -2.49. The van der Waals surface area contributed by atoms with Crippen LogP contribution in [0.5, 0.6) is 0 Å². The molecule has 0 fully saturated rings. The van der Waals surface area contributed by atoms with Crippen molar-refractivity contribution in [2.24, 2.45) is 9.98 Å². The van der Waals surface area contributed by atoms with Gasteiger partial charge in [-0.15, -0.1) is 0 Å². The predicted octanol–water partition coefficient (Wildman–Crippen LogP) is 5.38. The molecule has 0 saturated carbocycles. The quantitative estimate of drug-likeness (QED) is 0.466. The number of hydrogen-bond acceptors (Lipinski definition) is 5. The fourth-order valence-electron chi connectivity index (χ4n) is 3.28. The van der Waals surface area contributed by atoms with Crippen LogP contribution in [0.1, 0.15) is 12.5 Å². The topological polar surface area (TPSA) is 97.6 Å². The van der Waals surface area contributed by atoms with E-state index < -0.39 is 80.9 Å². The second-order valence-electron chi connectivity index (χ2n) is 6.94. The summed E-state index contributed by atoms with van der Waals surface area (Å²) in [6, 6.07) is 0.518. The lowest BCUT2D eigenvalue weighted by Gasteiger charge is -2.34. The lowest BCUT2D eigenvalue weighted by atomic mass is 10.1. The third-order valence-corrected chi connectivity index (χ3v) is 5.09. The van der Waals surface area contributed by atoms with Gasteiger partial charge in [-0.2, -0.15) is 39.5 Å². The van der Waals surface area contributed by atoms with Crippen molar-refractivity contribution in [2.45, 2.75) is 31.6 Å². The standard InChI is InChI=1S/C17H8Cl2F9N5O3/c1-4(34)32-11-8(10(16(23,24)25)29-13(30-11)17(26,27)28)12(31-14(35)36)33(32)9-6(18)2-5(3-7(9)19)15(20,21)22/h2-3,11,31H,1H3,(H,35,36). The molecular weight excluding hydrogens is 564 g/mol. The third kappa shape index (κ3) is 4.88. The molecule has 0 saturated heterocycles. The van der Waals surface area contributed by atoms with E-state index >= 15 is 0 Å². The molecule has 2 N–H and O–H groups in total. The van der Waals surface area contributed by atoms with E-state index in [2.05, 4.69) is 9.98 Å². The maximum Gasteiger partial charge on any atom is 0.451 e. The predicted molar refractivity (Wildman–Crippen MR) is 105 cm³/mol. The van der Waals surface area contributed by atoms with Gasteiger partial charge in [0.15, 0.2) is 11.9 Å². The number of carbonyl (C=O) groups excluding carboxylic acids is 1. The van der Waals surface area contributed by atoms with E-state index in [9.17, 15) is 54.2 Å². The van der Waals surface area contributed by atoms with Crippen LogP contribution in [0.25, 0.3) is 0 Å². The van der Waals surface area contributed by atoms with Crippen LogP contribution >= 0.6 is 23.2 Å². The number of halogens is 11. The van der Waals surface area contributed by atoms with E-state index in [1.807, 2.05) is 0 Å². The van der Waals surface area contributed by atoms with Crippen LogP contribution in [0, 0.1) is 0 Å². The summed E-state index contributed by atoms with van der Waals surface area (Å²) in [5.41, 5.74) is -5.92. The summed E-state index contributed by atoms with van der Waals surface area (Å²) < 4.78 is 121. The molecule has 2 heterocycles. The first-order chi connectivity index (χ1) is 16.2. The van der Waals surface area contributed by atoms with E-state index in [4.69, 9.17) is 23.2 Å². The summed E-state index contributed by atoms with van der Waals surface area (Å²) >= 11 is 11.8. The Morgan fingerprint density at radius 1 is 0.972 bits per heavy atom. The van der Waals surface area contributed by atoms with Gasteiger partial charge in [0.2, 0.25) is 11.7 Å². The first-order valence-electron chi connectivity index (χ1n) is 8.96. The van der Waals surface area contributed by atoms with Crippen molar-refractivity contribution in [3.63, 3.8) is 0 Å². The molecule has 0 aliphatic carbocycles. The van der Waals surface area contributed by atoms with E-state index in [1.165, 1.54) is 5.32 Å². The Balaban J connectivity index is 2.42. The zero-order valence-electron chi connectivity index (χ0n) is 16.9. The van der Waals surface area contributed by atoms with Gasteiger partial charge in [-0.05, 0) is 12.1 Å². The van der Waals surface area contributed by atoms with Crippen LogP contribution in [0.15, 0.2) is 33.5 Å². The number of nitrogens with zero attached hydrogens (tertiary/aromatic N) is 4. The van der Waals surface area contributed by atoms with Crippen molar-refractivity contribution in [2.75, 3.05) is 5.01 Å². The van der Waals surface area contributed by atoms with Crippen LogP contribution in [0.2, 0.25) is 10.0 Å². The molecule has 1 aromatic carbocycles. The normalized spacial score (nSPS) is 18.7. The Labute approximate surface area is 203 Å². The van der Waals surface area contributed by atoms with Crippen molar-refractivity contribution in [3.05, 3.63) is 39.1 Å². The number of anilines is 1. The minimum absolute atomic E-state index is 0.104. The second-order valence-corrected chi connectivity index (χ2v) is 7.75. The molecular formula is C17H8Cl2F9N5O3. The number of amides is 2. The number of fused-ring (bicyclic) bond motifs is 1. The monoisotopic (exact) mass is 571 g/mol. The number of benzene rings is 1. The van der Waals surface area contributed by atoms with Gasteiger partial charge < -0.3 is 5.11 Å². The zero-order chi connectivity index (χ0) is 27.5. The number of carbonyl (C=O) groups is 2. The molecule has 0 aromatic heterocycles. The highest BCUT2D eigenvalue weighted by Crippen LogP contribution is 2.47. The van der Waals surface area contributed by atoms with Gasteiger partial charge in [0.1, 0.15) is 11.5 Å². The Bertz CT molecular complexity index is 1210. The number of aliphatic imine (C=N–C) groups is 2.